The maximum Gasteiger partial charge on any atom is 0.229 e. The molecular formula is C12H16O3. The maximum atomic E-state index is 12.2. The lowest BCUT2D eigenvalue weighted by Gasteiger charge is -2.25. The molecule has 0 atom stereocenters. The number of carbonyl (C=O) groups is 1. The molecule has 0 radical (unpaired) electrons. The van der Waals surface area contributed by atoms with E-state index in [0.717, 1.165) is 25.7 Å². The van der Waals surface area contributed by atoms with E-state index in [1.165, 1.54) is 6.26 Å². The molecule has 0 unspecified atom stereocenters. The maximum absolute atomic E-state index is 12.2. The number of hydrogen-bond donors (Lipinski definition) is 0. The molecule has 0 spiro atoms. The van der Waals surface area contributed by atoms with Gasteiger partial charge in [-0.05, 0) is 44.7 Å². The Bertz CT molecular complexity index is 321. The van der Waals surface area contributed by atoms with Crippen LogP contribution in [0.1, 0.15) is 43.2 Å². The first-order valence-electron chi connectivity index (χ1n) is 5.51. The van der Waals surface area contributed by atoms with Crippen molar-refractivity contribution in [3.8, 4) is 0 Å². The van der Waals surface area contributed by atoms with Crippen molar-refractivity contribution in [1.82, 2.24) is 0 Å². The van der Waals surface area contributed by atoms with E-state index < -0.39 is 5.60 Å². The van der Waals surface area contributed by atoms with Gasteiger partial charge < -0.3 is 9.15 Å². The van der Waals surface area contributed by atoms with Gasteiger partial charge in [0.15, 0.2) is 5.76 Å². The topological polar surface area (TPSA) is 39.4 Å². The zero-order valence-electron chi connectivity index (χ0n) is 8.99. The SMILES string of the molecule is CCOC1(C(=O)c2ccco2)CCCC1. The lowest BCUT2D eigenvalue weighted by Crippen LogP contribution is -2.38. The Morgan fingerprint density at radius 1 is 1.53 bits per heavy atom. The van der Waals surface area contributed by atoms with Gasteiger partial charge in [-0.1, -0.05) is 0 Å². The summed E-state index contributed by atoms with van der Waals surface area (Å²) in [6, 6.07) is 3.45. The molecule has 3 heteroatoms. The Kier molecular flexibility index (Phi) is 2.91. The van der Waals surface area contributed by atoms with Gasteiger partial charge in [0.2, 0.25) is 5.78 Å². The molecule has 1 aliphatic carbocycles. The Balaban J connectivity index is 2.21. The monoisotopic (exact) mass is 208 g/mol. The standard InChI is InChI=1S/C12H16O3/c1-2-15-12(7-3-4-8-12)11(13)10-6-5-9-14-10/h5-6,9H,2-4,7-8H2,1H3. The van der Waals surface area contributed by atoms with E-state index >= 15 is 0 Å². The number of carbonyl (C=O) groups excluding carboxylic acids is 1. The molecule has 0 aromatic carbocycles. The Morgan fingerprint density at radius 3 is 2.80 bits per heavy atom. The molecule has 1 saturated carbocycles. The lowest BCUT2D eigenvalue weighted by molar-refractivity contribution is -0.0181. The minimum atomic E-state index is -0.605. The third kappa shape index (κ3) is 1.84. The van der Waals surface area contributed by atoms with Crippen LogP contribution in [0.25, 0.3) is 0 Å². The number of ketones is 1. The molecule has 3 nitrogen and oxygen atoms in total. The first kappa shape index (κ1) is 10.4. The molecule has 1 aromatic heterocycles. The molecule has 0 bridgehead atoms. The molecular weight excluding hydrogens is 192 g/mol. The van der Waals surface area contributed by atoms with Crippen LogP contribution in [0.5, 0.6) is 0 Å². The summed E-state index contributed by atoms with van der Waals surface area (Å²) in [5.41, 5.74) is -0.605. The van der Waals surface area contributed by atoms with E-state index in [0.29, 0.717) is 12.4 Å². The average molecular weight is 208 g/mol. The summed E-state index contributed by atoms with van der Waals surface area (Å²) in [4.78, 5) is 12.2. The summed E-state index contributed by atoms with van der Waals surface area (Å²) in [6.45, 7) is 2.50. The molecule has 1 heterocycles. The van der Waals surface area contributed by atoms with Crippen LogP contribution >= 0.6 is 0 Å². The number of Topliss-reactive ketones (excluding diaryl/α,β-unsaturated/α-hetero) is 1. The highest BCUT2D eigenvalue weighted by atomic mass is 16.5. The van der Waals surface area contributed by atoms with Crippen molar-refractivity contribution >= 4 is 5.78 Å². The molecule has 0 amide bonds. The van der Waals surface area contributed by atoms with Gasteiger partial charge in [0.05, 0.1) is 6.26 Å². The van der Waals surface area contributed by atoms with Crippen LogP contribution in [0, 0.1) is 0 Å². The van der Waals surface area contributed by atoms with E-state index in [4.69, 9.17) is 9.15 Å². The van der Waals surface area contributed by atoms with E-state index in [2.05, 4.69) is 0 Å². The molecule has 2 rings (SSSR count). The summed E-state index contributed by atoms with van der Waals surface area (Å²) in [6.07, 6.45) is 5.29. The number of rotatable bonds is 4. The number of ether oxygens (including phenoxy) is 1. The van der Waals surface area contributed by atoms with Crippen LogP contribution < -0.4 is 0 Å². The normalized spacial score (nSPS) is 19.3. The second-order valence-corrected chi connectivity index (χ2v) is 3.94. The van der Waals surface area contributed by atoms with Crippen LogP contribution in [-0.4, -0.2) is 18.0 Å². The van der Waals surface area contributed by atoms with Gasteiger partial charge in [0.25, 0.3) is 0 Å². The summed E-state index contributed by atoms with van der Waals surface area (Å²) < 4.78 is 10.8. The van der Waals surface area contributed by atoms with Crippen molar-refractivity contribution in [2.45, 2.75) is 38.2 Å². The van der Waals surface area contributed by atoms with Crippen LogP contribution in [0.15, 0.2) is 22.8 Å². The van der Waals surface area contributed by atoms with Crippen LogP contribution in [0.2, 0.25) is 0 Å². The Morgan fingerprint density at radius 2 is 2.27 bits per heavy atom. The molecule has 0 saturated heterocycles. The lowest BCUT2D eigenvalue weighted by atomic mass is 9.94. The summed E-state index contributed by atoms with van der Waals surface area (Å²) in [5, 5.41) is 0. The Hall–Kier alpha value is -1.09. The number of furan rings is 1. The third-order valence-electron chi connectivity index (χ3n) is 2.99. The van der Waals surface area contributed by atoms with Crippen molar-refractivity contribution in [2.24, 2.45) is 0 Å². The van der Waals surface area contributed by atoms with Gasteiger partial charge >= 0.3 is 0 Å². The van der Waals surface area contributed by atoms with Crippen molar-refractivity contribution in [3.63, 3.8) is 0 Å². The molecule has 82 valence electrons. The minimum Gasteiger partial charge on any atom is -0.461 e. The van der Waals surface area contributed by atoms with Crippen LogP contribution in [0.4, 0.5) is 0 Å². The van der Waals surface area contributed by atoms with Crippen LogP contribution in [0.3, 0.4) is 0 Å². The predicted molar refractivity (Wildman–Crippen MR) is 55.9 cm³/mol. The van der Waals surface area contributed by atoms with Crippen LogP contribution in [-0.2, 0) is 4.74 Å². The smallest absolute Gasteiger partial charge is 0.229 e. The van der Waals surface area contributed by atoms with E-state index in [1.54, 1.807) is 12.1 Å². The van der Waals surface area contributed by atoms with Gasteiger partial charge in [0.1, 0.15) is 5.60 Å². The van der Waals surface area contributed by atoms with E-state index in [-0.39, 0.29) is 5.78 Å². The molecule has 15 heavy (non-hydrogen) atoms. The van der Waals surface area contributed by atoms with Crippen molar-refractivity contribution in [3.05, 3.63) is 24.2 Å². The zero-order valence-corrected chi connectivity index (χ0v) is 8.99. The number of hydrogen-bond acceptors (Lipinski definition) is 3. The molecule has 1 aliphatic rings. The van der Waals surface area contributed by atoms with Gasteiger partial charge in [-0.3, -0.25) is 4.79 Å². The fourth-order valence-electron chi connectivity index (χ4n) is 2.29. The van der Waals surface area contributed by atoms with E-state index in [9.17, 15) is 4.79 Å². The fourth-order valence-corrected chi connectivity index (χ4v) is 2.29. The second-order valence-electron chi connectivity index (χ2n) is 3.94. The summed E-state index contributed by atoms with van der Waals surface area (Å²) in [7, 11) is 0. The quantitative estimate of drug-likeness (QED) is 0.714. The predicted octanol–water partition coefficient (Wildman–Crippen LogP) is 2.81. The summed E-state index contributed by atoms with van der Waals surface area (Å²) >= 11 is 0. The zero-order chi connectivity index (χ0) is 10.7. The highest BCUT2D eigenvalue weighted by Gasteiger charge is 2.43. The second kappa shape index (κ2) is 4.19. The highest BCUT2D eigenvalue weighted by Crippen LogP contribution is 2.36. The first-order valence-corrected chi connectivity index (χ1v) is 5.51. The minimum absolute atomic E-state index is 0.00634. The van der Waals surface area contributed by atoms with Crippen molar-refractivity contribution < 1.29 is 13.9 Å². The average Bonchev–Trinajstić information content (AvgIpc) is 2.88. The van der Waals surface area contributed by atoms with Crippen molar-refractivity contribution in [1.29, 1.82) is 0 Å². The van der Waals surface area contributed by atoms with Crippen molar-refractivity contribution in [2.75, 3.05) is 6.61 Å². The summed E-state index contributed by atoms with van der Waals surface area (Å²) in [5.74, 6) is 0.428. The fraction of sp³-hybridized carbons (Fsp3) is 0.583. The van der Waals surface area contributed by atoms with Gasteiger partial charge in [-0.25, -0.2) is 0 Å². The van der Waals surface area contributed by atoms with Gasteiger partial charge in [-0.2, -0.15) is 0 Å². The Labute approximate surface area is 89.4 Å². The van der Waals surface area contributed by atoms with Gasteiger partial charge in [-0.15, -0.1) is 0 Å². The molecule has 0 N–H and O–H groups in total. The highest BCUT2D eigenvalue weighted by molar-refractivity contribution is 6.00. The van der Waals surface area contributed by atoms with E-state index in [1.807, 2.05) is 6.92 Å². The first-order chi connectivity index (χ1) is 7.28. The molecule has 0 aliphatic heterocycles. The largest absolute Gasteiger partial charge is 0.461 e. The van der Waals surface area contributed by atoms with Gasteiger partial charge in [0, 0.05) is 6.61 Å². The molecule has 1 aromatic rings. The molecule has 1 fully saturated rings. The third-order valence-corrected chi connectivity index (χ3v) is 2.99.